The minimum absolute atomic E-state index is 0.223. The van der Waals surface area contributed by atoms with Crippen LogP contribution >= 0.6 is 11.3 Å². The molecular weight excluding hydrogens is 306 g/mol. The van der Waals surface area contributed by atoms with E-state index in [4.69, 9.17) is 0 Å². The van der Waals surface area contributed by atoms with Crippen molar-refractivity contribution in [1.29, 1.82) is 0 Å². The first-order valence-electron chi connectivity index (χ1n) is 7.10. The smallest absolute Gasteiger partial charge is 0.267 e. The average Bonchev–Trinajstić information content (AvgIpc) is 2.62. The Morgan fingerprint density at radius 2 is 1.52 bits per heavy atom. The monoisotopic (exact) mass is 317 g/mol. The Morgan fingerprint density at radius 3 is 2.39 bits per heavy atom. The van der Waals surface area contributed by atoms with Crippen LogP contribution in [-0.2, 0) is 0 Å². The van der Waals surface area contributed by atoms with Gasteiger partial charge in [-0.1, -0.05) is 24.3 Å². The largest absolute Gasteiger partial charge is 0.279 e. The average molecular weight is 317 g/mol. The minimum atomic E-state index is -0.223. The second kappa shape index (κ2) is 5.70. The summed E-state index contributed by atoms with van der Waals surface area (Å²) in [4.78, 5) is 25.3. The maximum atomic E-state index is 12.2. The van der Waals surface area contributed by atoms with Gasteiger partial charge in [0.15, 0.2) is 0 Å². The van der Waals surface area contributed by atoms with Crippen molar-refractivity contribution >= 4 is 21.4 Å². The molecule has 0 aliphatic heterocycles. The van der Waals surface area contributed by atoms with E-state index in [0.717, 1.165) is 16.1 Å². The number of nitrogens with zero attached hydrogens (tertiary/aromatic N) is 3. The third-order valence-corrected chi connectivity index (χ3v) is 4.49. The van der Waals surface area contributed by atoms with Crippen molar-refractivity contribution in [2.24, 2.45) is 0 Å². The molecule has 0 saturated carbocycles. The quantitative estimate of drug-likeness (QED) is 0.564. The standard InChI is InChI=1S/C18H11N3OS/c22-17-12-6-1-2-10-16(12)23-18(21-17)15-9-5-8-14(20-15)13-7-3-4-11-19-13/h1-11H. The summed E-state index contributed by atoms with van der Waals surface area (Å²) in [5.74, 6) is 0. The van der Waals surface area contributed by atoms with Gasteiger partial charge < -0.3 is 0 Å². The molecule has 4 aromatic rings. The second-order valence-corrected chi connectivity index (χ2v) is 5.97. The maximum absolute atomic E-state index is 12.2. The number of hydrogen-bond donors (Lipinski definition) is 0. The van der Waals surface area contributed by atoms with E-state index in [0.29, 0.717) is 16.1 Å². The van der Waals surface area contributed by atoms with Gasteiger partial charge in [0, 0.05) is 10.9 Å². The van der Waals surface area contributed by atoms with E-state index in [-0.39, 0.29) is 5.56 Å². The van der Waals surface area contributed by atoms with E-state index in [1.165, 1.54) is 11.3 Å². The molecule has 0 unspecified atom stereocenters. The minimum Gasteiger partial charge on any atom is -0.267 e. The number of fused-ring (bicyclic) bond motifs is 1. The second-order valence-electron chi connectivity index (χ2n) is 4.94. The molecule has 5 heteroatoms. The van der Waals surface area contributed by atoms with Crippen LogP contribution in [0.2, 0.25) is 0 Å². The van der Waals surface area contributed by atoms with Gasteiger partial charge in [-0.15, -0.1) is 11.3 Å². The van der Waals surface area contributed by atoms with Gasteiger partial charge in [-0.05, 0) is 36.4 Å². The highest BCUT2D eigenvalue weighted by atomic mass is 32.1. The third-order valence-electron chi connectivity index (χ3n) is 3.42. The predicted octanol–water partition coefficient (Wildman–Crippen LogP) is 3.78. The van der Waals surface area contributed by atoms with Gasteiger partial charge in [0.1, 0.15) is 5.01 Å². The number of rotatable bonds is 2. The molecule has 0 spiro atoms. The SMILES string of the molecule is O=c1nc(-c2cccc(-c3ccccn3)n2)sc2ccccc12. The van der Waals surface area contributed by atoms with Gasteiger partial charge in [0.05, 0.1) is 22.5 Å². The first kappa shape index (κ1) is 13.7. The van der Waals surface area contributed by atoms with Crippen molar-refractivity contribution in [2.75, 3.05) is 0 Å². The van der Waals surface area contributed by atoms with Gasteiger partial charge >= 0.3 is 0 Å². The molecule has 1 aromatic carbocycles. The zero-order chi connectivity index (χ0) is 15.6. The molecule has 0 radical (unpaired) electrons. The molecule has 0 bridgehead atoms. The van der Waals surface area contributed by atoms with E-state index in [9.17, 15) is 4.79 Å². The molecule has 0 atom stereocenters. The normalized spacial score (nSPS) is 10.8. The molecule has 0 amide bonds. The fourth-order valence-electron chi connectivity index (χ4n) is 2.33. The summed E-state index contributed by atoms with van der Waals surface area (Å²) in [7, 11) is 0. The van der Waals surface area contributed by atoms with E-state index < -0.39 is 0 Å². The predicted molar refractivity (Wildman–Crippen MR) is 92.4 cm³/mol. The van der Waals surface area contributed by atoms with Crippen LogP contribution in [-0.4, -0.2) is 15.0 Å². The Hall–Kier alpha value is -2.92. The van der Waals surface area contributed by atoms with Crippen molar-refractivity contribution in [3.63, 3.8) is 0 Å². The number of benzene rings is 1. The summed E-state index contributed by atoms with van der Waals surface area (Å²) in [6.45, 7) is 0. The Morgan fingerprint density at radius 1 is 0.739 bits per heavy atom. The molecule has 0 N–H and O–H groups in total. The van der Waals surface area contributed by atoms with Gasteiger partial charge in [0.2, 0.25) is 0 Å². The lowest BCUT2D eigenvalue weighted by atomic mass is 10.2. The molecule has 0 fully saturated rings. The van der Waals surface area contributed by atoms with Crippen molar-refractivity contribution < 1.29 is 0 Å². The van der Waals surface area contributed by atoms with Crippen molar-refractivity contribution in [3.05, 3.63) is 77.2 Å². The van der Waals surface area contributed by atoms with Gasteiger partial charge in [-0.2, -0.15) is 4.98 Å². The molecule has 110 valence electrons. The van der Waals surface area contributed by atoms with Crippen molar-refractivity contribution in [1.82, 2.24) is 15.0 Å². The molecule has 0 saturated heterocycles. The fraction of sp³-hybridized carbons (Fsp3) is 0. The Bertz CT molecular complexity index is 1040. The number of aromatic nitrogens is 3. The summed E-state index contributed by atoms with van der Waals surface area (Å²) >= 11 is 1.46. The molecule has 0 aliphatic carbocycles. The zero-order valence-corrected chi connectivity index (χ0v) is 12.8. The number of pyridine rings is 2. The van der Waals surface area contributed by atoms with Crippen LogP contribution in [0.1, 0.15) is 0 Å². The summed E-state index contributed by atoms with van der Waals surface area (Å²) < 4.78 is 0.910. The topological polar surface area (TPSA) is 55.7 Å². The lowest BCUT2D eigenvalue weighted by Crippen LogP contribution is -2.06. The van der Waals surface area contributed by atoms with E-state index in [2.05, 4.69) is 15.0 Å². The molecule has 23 heavy (non-hydrogen) atoms. The van der Waals surface area contributed by atoms with Crippen LogP contribution in [0.4, 0.5) is 0 Å². The highest BCUT2D eigenvalue weighted by molar-refractivity contribution is 7.21. The molecule has 3 aromatic heterocycles. The van der Waals surface area contributed by atoms with Crippen LogP contribution in [0.25, 0.3) is 32.2 Å². The number of hydrogen-bond acceptors (Lipinski definition) is 5. The van der Waals surface area contributed by atoms with Crippen molar-refractivity contribution in [2.45, 2.75) is 0 Å². The highest BCUT2D eigenvalue weighted by Crippen LogP contribution is 2.26. The van der Waals surface area contributed by atoms with E-state index >= 15 is 0 Å². The summed E-state index contributed by atoms with van der Waals surface area (Å²) in [5.41, 5.74) is 2.01. The fourth-order valence-corrected chi connectivity index (χ4v) is 3.30. The molecule has 0 aliphatic rings. The molecule has 4 rings (SSSR count). The molecule has 3 heterocycles. The van der Waals surface area contributed by atoms with Crippen LogP contribution < -0.4 is 5.56 Å². The Labute approximate surface area is 136 Å². The van der Waals surface area contributed by atoms with Gasteiger partial charge in [-0.25, -0.2) is 4.98 Å². The Balaban J connectivity index is 1.87. The Kier molecular flexibility index (Phi) is 3.40. The zero-order valence-electron chi connectivity index (χ0n) is 12.0. The van der Waals surface area contributed by atoms with Crippen LogP contribution in [0.5, 0.6) is 0 Å². The van der Waals surface area contributed by atoms with Crippen molar-refractivity contribution in [3.8, 4) is 22.1 Å². The van der Waals surface area contributed by atoms with Gasteiger partial charge in [0.25, 0.3) is 5.56 Å². The summed E-state index contributed by atoms with van der Waals surface area (Å²) in [6.07, 6.45) is 1.73. The lowest BCUT2D eigenvalue weighted by Gasteiger charge is -2.04. The first-order valence-corrected chi connectivity index (χ1v) is 7.92. The van der Waals surface area contributed by atoms with Crippen LogP contribution in [0.3, 0.4) is 0 Å². The summed E-state index contributed by atoms with van der Waals surface area (Å²) in [5, 5.41) is 1.26. The molecular formula is C18H11N3OS. The van der Waals surface area contributed by atoms with E-state index in [1.54, 1.807) is 12.3 Å². The first-order chi connectivity index (χ1) is 11.3. The molecule has 4 nitrogen and oxygen atoms in total. The van der Waals surface area contributed by atoms with Crippen LogP contribution in [0.15, 0.2) is 71.7 Å². The van der Waals surface area contributed by atoms with Crippen LogP contribution in [0, 0.1) is 0 Å². The third kappa shape index (κ3) is 2.62. The van der Waals surface area contributed by atoms with E-state index in [1.807, 2.05) is 54.6 Å². The maximum Gasteiger partial charge on any atom is 0.279 e. The summed E-state index contributed by atoms with van der Waals surface area (Å²) in [6, 6.07) is 18.8. The highest BCUT2D eigenvalue weighted by Gasteiger charge is 2.09. The lowest BCUT2D eigenvalue weighted by molar-refractivity contribution is 1.22. The van der Waals surface area contributed by atoms with Gasteiger partial charge in [-0.3, -0.25) is 9.78 Å².